The van der Waals surface area contributed by atoms with E-state index in [-0.39, 0.29) is 11.8 Å². The highest BCUT2D eigenvalue weighted by molar-refractivity contribution is 8.02. The van der Waals surface area contributed by atoms with Crippen molar-refractivity contribution in [3.8, 4) is 0 Å². The van der Waals surface area contributed by atoms with Crippen LogP contribution in [-0.4, -0.2) is 24.6 Å². The molecular weight excluding hydrogens is 308 g/mol. The average Bonchev–Trinajstić information content (AvgIpc) is 3.01. The number of thioether (sulfide) groups is 1. The number of likely N-dealkylation sites (N-methyl/N-ethyl adjacent to an activating group) is 1. The molecule has 2 aliphatic rings. The van der Waals surface area contributed by atoms with Crippen LogP contribution in [0, 0.1) is 6.92 Å². The summed E-state index contributed by atoms with van der Waals surface area (Å²) in [7, 11) is 1.77. The molecule has 0 radical (unpaired) electrons. The van der Waals surface area contributed by atoms with E-state index in [1.165, 1.54) is 11.8 Å². The molecule has 116 valence electrons. The molecule has 2 aliphatic heterocycles. The van der Waals surface area contributed by atoms with E-state index in [1.807, 2.05) is 55.5 Å². The molecule has 1 atom stereocenters. The van der Waals surface area contributed by atoms with Crippen molar-refractivity contribution in [3.05, 3.63) is 59.7 Å². The second-order valence-electron chi connectivity index (χ2n) is 5.88. The molecule has 1 spiro atoms. The SMILES string of the molecule is Cc1ccc(N2C(=O)CSC23C(=O)N(C)c2ccccc23)cc1. The third-order valence-corrected chi connectivity index (χ3v) is 5.87. The molecule has 0 bridgehead atoms. The fourth-order valence-corrected chi connectivity index (χ4v) is 4.74. The largest absolute Gasteiger partial charge is 0.312 e. The number of fused-ring (bicyclic) bond motifs is 2. The molecule has 1 fully saturated rings. The lowest BCUT2D eigenvalue weighted by atomic mass is 10.0. The van der Waals surface area contributed by atoms with E-state index in [0.29, 0.717) is 5.75 Å². The zero-order chi connectivity index (χ0) is 16.2. The summed E-state index contributed by atoms with van der Waals surface area (Å²) in [4.78, 5) is 28.1. The van der Waals surface area contributed by atoms with Gasteiger partial charge in [0.15, 0.2) is 0 Å². The van der Waals surface area contributed by atoms with E-state index in [0.717, 1.165) is 22.5 Å². The zero-order valence-corrected chi connectivity index (χ0v) is 13.8. The Balaban J connectivity index is 1.94. The van der Waals surface area contributed by atoms with Crippen molar-refractivity contribution in [2.45, 2.75) is 11.8 Å². The smallest absolute Gasteiger partial charge is 0.268 e. The van der Waals surface area contributed by atoms with Crippen molar-refractivity contribution >= 4 is 35.0 Å². The minimum absolute atomic E-state index is 0.0303. The van der Waals surface area contributed by atoms with Gasteiger partial charge in [-0.2, -0.15) is 0 Å². The third-order valence-electron chi connectivity index (χ3n) is 4.49. The Bertz CT molecular complexity index is 818. The first kappa shape index (κ1) is 14.3. The number of nitrogens with zero attached hydrogens (tertiary/aromatic N) is 2. The van der Waals surface area contributed by atoms with Gasteiger partial charge in [-0.05, 0) is 25.1 Å². The van der Waals surface area contributed by atoms with Gasteiger partial charge in [0, 0.05) is 18.3 Å². The number of para-hydroxylation sites is 1. The van der Waals surface area contributed by atoms with Gasteiger partial charge in [0.25, 0.3) is 5.91 Å². The highest BCUT2D eigenvalue weighted by Crippen LogP contribution is 2.55. The maximum Gasteiger partial charge on any atom is 0.268 e. The number of amides is 2. The summed E-state index contributed by atoms with van der Waals surface area (Å²) in [6.07, 6.45) is 0. The molecule has 0 saturated carbocycles. The van der Waals surface area contributed by atoms with E-state index >= 15 is 0 Å². The first-order chi connectivity index (χ1) is 11.1. The molecule has 5 heteroatoms. The lowest BCUT2D eigenvalue weighted by molar-refractivity contribution is -0.123. The zero-order valence-electron chi connectivity index (χ0n) is 12.9. The fourth-order valence-electron chi connectivity index (χ4n) is 3.35. The Labute approximate surface area is 139 Å². The Kier molecular flexibility index (Phi) is 3.03. The van der Waals surface area contributed by atoms with Crippen molar-refractivity contribution in [2.24, 2.45) is 0 Å². The number of carbonyl (C=O) groups is 2. The molecule has 0 aromatic heterocycles. The molecule has 1 saturated heterocycles. The van der Waals surface area contributed by atoms with E-state index in [2.05, 4.69) is 0 Å². The van der Waals surface area contributed by atoms with Crippen LogP contribution < -0.4 is 9.80 Å². The maximum absolute atomic E-state index is 13.1. The van der Waals surface area contributed by atoms with Gasteiger partial charge in [-0.25, -0.2) is 0 Å². The molecular formula is C18H16N2O2S. The van der Waals surface area contributed by atoms with Crippen molar-refractivity contribution in [1.82, 2.24) is 0 Å². The normalized spacial score (nSPS) is 23.0. The fraction of sp³-hybridized carbons (Fsp3) is 0.222. The van der Waals surface area contributed by atoms with Crippen LogP contribution in [0.15, 0.2) is 48.5 Å². The minimum Gasteiger partial charge on any atom is -0.312 e. The van der Waals surface area contributed by atoms with Gasteiger partial charge in [-0.3, -0.25) is 14.5 Å². The van der Waals surface area contributed by atoms with E-state index in [4.69, 9.17) is 0 Å². The van der Waals surface area contributed by atoms with Crippen LogP contribution in [0.4, 0.5) is 11.4 Å². The molecule has 2 aromatic carbocycles. The molecule has 1 unspecified atom stereocenters. The lowest BCUT2D eigenvalue weighted by Gasteiger charge is -2.32. The first-order valence-electron chi connectivity index (χ1n) is 7.47. The van der Waals surface area contributed by atoms with Crippen LogP contribution in [-0.2, 0) is 14.5 Å². The Hall–Kier alpha value is -2.27. The molecule has 2 heterocycles. The molecule has 23 heavy (non-hydrogen) atoms. The number of rotatable bonds is 1. The van der Waals surface area contributed by atoms with Gasteiger partial charge in [0.2, 0.25) is 10.8 Å². The highest BCUT2D eigenvalue weighted by atomic mass is 32.2. The number of benzene rings is 2. The van der Waals surface area contributed by atoms with Crippen LogP contribution in [0.25, 0.3) is 0 Å². The van der Waals surface area contributed by atoms with Gasteiger partial charge >= 0.3 is 0 Å². The third kappa shape index (κ3) is 1.80. The molecule has 4 rings (SSSR count). The number of hydrogen-bond acceptors (Lipinski definition) is 3. The number of carbonyl (C=O) groups excluding carboxylic acids is 2. The number of anilines is 2. The molecule has 2 amide bonds. The van der Waals surface area contributed by atoms with E-state index in [1.54, 1.807) is 16.8 Å². The lowest BCUT2D eigenvalue weighted by Crippen LogP contribution is -2.49. The minimum atomic E-state index is -0.975. The quantitative estimate of drug-likeness (QED) is 0.810. The van der Waals surface area contributed by atoms with Gasteiger partial charge in [0.05, 0.1) is 11.4 Å². The number of hydrogen-bond donors (Lipinski definition) is 0. The monoisotopic (exact) mass is 324 g/mol. The van der Waals surface area contributed by atoms with Crippen LogP contribution in [0.3, 0.4) is 0 Å². The molecule has 0 N–H and O–H groups in total. The predicted molar refractivity (Wildman–Crippen MR) is 92.7 cm³/mol. The highest BCUT2D eigenvalue weighted by Gasteiger charge is 2.60. The summed E-state index contributed by atoms with van der Waals surface area (Å²) in [5, 5.41) is 0. The topological polar surface area (TPSA) is 40.6 Å². The van der Waals surface area contributed by atoms with Crippen molar-refractivity contribution < 1.29 is 9.59 Å². The van der Waals surface area contributed by atoms with Crippen LogP contribution in [0.2, 0.25) is 0 Å². The molecule has 2 aromatic rings. The predicted octanol–water partition coefficient (Wildman–Crippen LogP) is 2.90. The van der Waals surface area contributed by atoms with Crippen LogP contribution >= 0.6 is 11.8 Å². The summed E-state index contributed by atoms with van der Waals surface area (Å²) in [6, 6.07) is 15.5. The van der Waals surface area contributed by atoms with Gasteiger partial charge < -0.3 is 4.90 Å². The summed E-state index contributed by atoms with van der Waals surface area (Å²) >= 11 is 1.41. The van der Waals surface area contributed by atoms with Crippen molar-refractivity contribution in [1.29, 1.82) is 0 Å². The molecule has 0 aliphatic carbocycles. The summed E-state index contributed by atoms with van der Waals surface area (Å²) in [6.45, 7) is 2.00. The second-order valence-corrected chi connectivity index (χ2v) is 7.05. The van der Waals surface area contributed by atoms with Crippen molar-refractivity contribution in [3.63, 3.8) is 0 Å². The second kappa shape index (κ2) is 4.86. The van der Waals surface area contributed by atoms with Crippen molar-refractivity contribution in [2.75, 3.05) is 22.6 Å². The first-order valence-corrected chi connectivity index (χ1v) is 8.45. The average molecular weight is 324 g/mol. The van der Waals surface area contributed by atoms with Crippen LogP contribution in [0.5, 0.6) is 0 Å². The van der Waals surface area contributed by atoms with E-state index in [9.17, 15) is 9.59 Å². The summed E-state index contributed by atoms with van der Waals surface area (Å²) in [5.74, 6) is 0.217. The van der Waals surface area contributed by atoms with Gasteiger partial charge in [-0.1, -0.05) is 35.9 Å². The Morgan fingerprint density at radius 3 is 2.48 bits per heavy atom. The molecule has 4 nitrogen and oxygen atoms in total. The van der Waals surface area contributed by atoms with Gasteiger partial charge in [0.1, 0.15) is 0 Å². The standard InChI is InChI=1S/C18H16N2O2S/c1-12-7-9-13(10-8-12)20-16(21)11-23-18(20)14-5-3-4-6-15(14)19(2)17(18)22/h3-10H,11H2,1-2H3. The Morgan fingerprint density at radius 2 is 1.74 bits per heavy atom. The van der Waals surface area contributed by atoms with Crippen LogP contribution in [0.1, 0.15) is 11.1 Å². The summed E-state index contributed by atoms with van der Waals surface area (Å²) in [5.41, 5.74) is 3.65. The van der Waals surface area contributed by atoms with Gasteiger partial charge in [-0.15, -0.1) is 11.8 Å². The summed E-state index contributed by atoms with van der Waals surface area (Å²) < 4.78 is 0. The Morgan fingerprint density at radius 1 is 1.04 bits per heavy atom. The van der Waals surface area contributed by atoms with E-state index < -0.39 is 4.87 Å². The maximum atomic E-state index is 13.1. The number of aryl methyl sites for hydroxylation is 1.